The first-order chi connectivity index (χ1) is 8.74. The number of para-hydroxylation sites is 1. The second-order valence-electron chi connectivity index (χ2n) is 3.99. The van der Waals surface area contributed by atoms with Crippen molar-refractivity contribution in [3.63, 3.8) is 0 Å². The van der Waals surface area contributed by atoms with E-state index in [2.05, 4.69) is 41.3 Å². The van der Waals surface area contributed by atoms with Gasteiger partial charge in [-0.25, -0.2) is 9.97 Å². The molecule has 0 saturated heterocycles. The average Bonchev–Trinajstić information content (AvgIpc) is 2.42. The molecule has 1 aromatic carbocycles. The summed E-state index contributed by atoms with van der Waals surface area (Å²) in [5.41, 5.74) is 3.79. The monoisotopic (exact) mass is 238 g/mol. The molecule has 0 spiro atoms. The Hall–Kier alpha value is -2.41. The predicted molar refractivity (Wildman–Crippen MR) is 70.6 cm³/mol. The lowest BCUT2D eigenvalue weighted by atomic mass is 10.1. The van der Waals surface area contributed by atoms with E-state index in [4.69, 9.17) is 5.26 Å². The van der Waals surface area contributed by atoms with E-state index in [0.717, 1.165) is 12.1 Å². The van der Waals surface area contributed by atoms with Gasteiger partial charge in [0, 0.05) is 5.69 Å². The largest absolute Gasteiger partial charge is 0.339 e. The summed E-state index contributed by atoms with van der Waals surface area (Å²) in [5, 5.41) is 11.9. The summed E-state index contributed by atoms with van der Waals surface area (Å²) in [4.78, 5) is 8.16. The van der Waals surface area contributed by atoms with E-state index in [0.29, 0.717) is 11.5 Å². The van der Waals surface area contributed by atoms with Gasteiger partial charge in [-0.3, -0.25) is 0 Å². The Morgan fingerprint density at radius 2 is 2.11 bits per heavy atom. The minimum atomic E-state index is 0.320. The Morgan fingerprint density at radius 1 is 1.28 bits per heavy atom. The maximum atomic E-state index is 8.67. The quantitative estimate of drug-likeness (QED) is 0.893. The van der Waals surface area contributed by atoms with Crippen LogP contribution in [0.15, 0.2) is 30.6 Å². The molecule has 4 heteroatoms. The summed E-state index contributed by atoms with van der Waals surface area (Å²) in [5.74, 6) is 0.651. The van der Waals surface area contributed by atoms with Gasteiger partial charge in [0.15, 0.2) is 5.69 Å². The van der Waals surface area contributed by atoms with Crippen LogP contribution in [0.4, 0.5) is 11.5 Å². The first-order valence-electron chi connectivity index (χ1n) is 5.82. The Balaban J connectivity index is 2.31. The number of benzene rings is 1. The normalized spacial score (nSPS) is 9.83. The van der Waals surface area contributed by atoms with E-state index in [9.17, 15) is 0 Å². The summed E-state index contributed by atoms with van der Waals surface area (Å²) < 4.78 is 0. The maximum absolute atomic E-state index is 8.67. The minimum Gasteiger partial charge on any atom is -0.339 e. The van der Waals surface area contributed by atoms with Gasteiger partial charge < -0.3 is 5.32 Å². The summed E-state index contributed by atoms with van der Waals surface area (Å²) in [7, 11) is 0. The molecule has 0 fully saturated rings. The third kappa shape index (κ3) is 2.46. The minimum absolute atomic E-state index is 0.320. The van der Waals surface area contributed by atoms with Crippen molar-refractivity contribution in [2.24, 2.45) is 0 Å². The van der Waals surface area contributed by atoms with Gasteiger partial charge in [0.05, 0.1) is 12.4 Å². The highest BCUT2D eigenvalue weighted by atomic mass is 15.0. The Morgan fingerprint density at radius 3 is 2.72 bits per heavy atom. The molecule has 2 rings (SSSR count). The van der Waals surface area contributed by atoms with E-state index >= 15 is 0 Å². The third-order valence-corrected chi connectivity index (χ3v) is 2.76. The van der Waals surface area contributed by atoms with Crippen LogP contribution in [0.2, 0.25) is 0 Å². The third-order valence-electron chi connectivity index (χ3n) is 2.76. The first kappa shape index (κ1) is 12.1. The van der Waals surface area contributed by atoms with Crippen molar-refractivity contribution in [2.45, 2.75) is 20.3 Å². The van der Waals surface area contributed by atoms with Crippen LogP contribution in [0.5, 0.6) is 0 Å². The zero-order chi connectivity index (χ0) is 13.0. The van der Waals surface area contributed by atoms with Gasteiger partial charge in [0.1, 0.15) is 11.9 Å². The SMILES string of the molecule is CCc1cccc(C)c1Nc1cnc(C#N)cn1. The van der Waals surface area contributed by atoms with Gasteiger partial charge in [-0.15, -0.1) is 0 Å². The number of hydrogen-bond donors (Lipinski definition) is 1. The zero-order valence-electron chi connectivity index (χ0n) is 10.4. The van der Waals surface area contributed by atoms with Crippen molar-refractivity contribution in [3.05, 3.63) is 47.4 Å². The molecule has 0 bridgehead atoms. The van der Waals surface area contributed by atoms with Gasteiger partial charge >= 0.3 is 0 Å². The molecule has 90 valence electrons. The number of rotatable bonds is 3. The van der Waals surface area contributed by atoms with Gasteiger partial charge in [-0.2, -0.15) is 5.26 Å². The zero-order valence-corrected chi connectivity index (χ0v) is 10.4. The van der Waals surface area contributed by atoms with E-state index in [1.54, 1.807) is 6.20 Å². The van der Waals surface area contributed by atoms with Crippen molar-refractivity contribution in [2.75, 3.05) is 5.32 Å². The van der Waals surface area contributed by atoms with E-state index in [1.807, 2.05) is 12.1 Å². The molecule has 0 saturated carbocycles. The molecule has 0 aliphatic heterocycles. The Kier molecular flexibility index (Phi) is 3.54. The molecule has 1 heterocycles. The number of nitrogens with zero attached hydrogens (tertiary/aromatic N) is 3. The van der Waals surface area contributed by atoms with Crippen molar-refractivity contribution >= 4 is 11.5 Å². The summed E-state index contributed by atoms with van der Waals surface area (Å²) in [6.07, 6.45) is 3.99. The van der Waals surface area contributed by atoms with Crippen molar-refractivity contribution in [1.29, 1.82) is 5.26 Å². The molecule has 0 atom stereocenters. The van der Waals surface area contributed by atoms with Gasteiger partial charge in [0.25, 0.3) is 0 Å². The lowest BCUT2D eigenvalue weighted by molar-refractivity contribution is 1.12. The van der Waals surface area contributed by atoms with Crippen LogP contribution in [0.1, 0.15) is 23.7 Å². The first-order valence-corrected chi connectivity index (χ1v) is 5.82. The molecule has 0 aliphatic rings. The molecule has 0 aliphatic carbocycles. The van der Waals surface area contributed by atoms with Gasteiger partial charge in [0.2, 0.25) is 0 Å². The second kappa shape index (κ2) is 5.28. The smallest absolute Gasteiger partial charge is 0.158 e. The van der Waals surface area contributed by atoms with Crippen LogP contribution >= 0.6 is 0 Å². The number of nitriles is 1. The van der Waals surface area contributed by atoms with Crippen LogP contribution in [0.25, 0.3) is 0 Å². The molecular weight excluding hydrogens is 224 g/mol. The number of hydrogen-bond acceptors (Lipinski definition) is 4. The Bertz CT molecular complexity index is 582. The van der Waals surface area contributed by atoms with Crippen LogP contribution in [-0.4, -0.2) is 9.97 Å². The van der Waals surface area contributed by atoms with Gasteiger partial charge in [-0.05, 0) is 24.5 Å². The summed E-state index contributed by atoms with van der Waals surface area (Å²) in [6, 6.07) is 8.14. The van der Waals surface area contributed by atoms with E-state index < -0.39 is 0 Å². The molecule has 0 radical (unpaired) electrons. The fraction of sp³-hybridized carbons (Fsp3) is 0.214. The predicted octanol–water partition coefficient (Wildman–Crippen LogP) is 2.96. The van der Waals surface area contributed by atoms with Crippen molar-refractivity contribution < 1.29 is 0 Å². The average molecular weight is 238 g/mol. The second-order valence-corrected chi connectivity index (χ2v) is 3.99. The van der Waals surface area contributed by atoms with Crippen molar-refractivity contribution in [3.8, 4) is 6.07 Å². The van der Waals surface area contributed by atoms with Crippen LogP contribution < -0.4 is 5.32 Å². The number of aromatic nitrogens is 2. The lowest BCUT2D eigenvalue weighted by Gasteiger charge is -2.12. The molecule has 2 aromatic rings. The van der Waals surface area contributed by atoms with E-state index in [-0.39, 0.29) is 0 Å². The number of anilines is 2. The summed E-state index contributed by atoms with van der Waals surface area (Å²) in [6.45, 7) is 4.17. The fourth-order valence-electron chi connectivity index (χ4n) is 1.78. The number of aryl methyl sites for hydroxylation is 2. The van der Waals surface area contributed by atoms with E-state index in [1.165, 1.54) is 17.3 Å². The number of nitrogens with one attached hydrogen (secondary N) is 1. The van der Waals surface area contributed by atoms with Crippen LogP contribution in [-0.2, 0) is 6.42 Å². The van der Waals surface area contributed by atoms with Gasteiger partial charge in [-0.1, -0.05) is 25.1 Å². The highest BCUT2D eigenvalue weighted by Crippen LogP contribution is 2.24. The van der Waals surface area contributed by atoms with Crippen molar-refractivity contribution in [1.82, 2.24) is 9.97 Å². The van der Waals surface area contributed by atoms with Crippen LogP contribution in [0.3, 0.4) is 0 Å². The maximum Gasteiger partial charge on any atom is 0.158 e. The standard InChI is InChI=1S/C14H14N4/c1-3-11-6-4-5-10(2)14(11)18-13-9-16-12(7-15)8-17-13/h4-6,8-9H,3H2,1-2H3,(H,17,18). The highest BCUT2D eigenvalue weighted by Gasteiger charge is 2.05. The summed E-state index contributed by atoms with van der Waals surface area (Å²) >= 11 is 0. The molecule has 1 aromatic heterocycles. The highest BCUT2D eigenvalue weighted by molar-refractivity contribution is 5.64. The fourth-order valence-corrected chi connectivity index (χ4v) is 1.78. The molecule has 0 amide bonds. The molecule has 18 heavy (non-hydrogen) atoms. The molecule has 4 nitrogen and oxygen atoms in total. The van der Waals surface area contributed by atoms with Crippen LogP contribution in [0, 0.1) is 18.3 Å². The molecule has 1 N–H and O–H groups in total. The topological polar surface area (TPSA) is 61.6 Å². The Labute approximate surface area is 106 Å². The molecule has 0 unspecified atom stereocenters. The molecular formula is C14H14N4. The lowest BCUT2D eigenvalue weighted by Crippen LogP contribution is -2.00.